The molecule has 2 aliphatic heterocycles. The van der Waals surface area contributed by atoms with Crippen molar-refractivity contribution >= 4 is 0 Å². The van der Waals surface area contributed by atoms with Crippen molar-refractivity contribution < 1.29 is 34.6 Å². The van der Waals surface area contributed by atoms with E-state index in [9.17, 15) is 0 Å². The Bertz CT molecular complexity index is 128. The molecule has 0 saturated carbocycles. The van der Waals surface area contributed by atoms with Gasteiger partial charge in [-0.2, -0.15) is 0 Å². The predicted octanol–water partition coefficient (Wildman–Crippen LogP) is -2.26. The number of rotatable bonds is 6. The molecule has 0 aromatic rings. The lowest BCUT2D eigenvalue weighted by atomic mass is 10.5. The molecule has 104 valence electrons. The van der Waals surface area contributed by atoms with Crippen molar-refractivity contribution in [3.8, 4) is 0 Å². The van der Waals surface area contributed by atoms with Crippen LogP contribution in [0.25, 0.3) is 0 Å². The lowest BCUT2D eigenvalue weighted by Crippen LogP contribution is -2.06. The number of aliphatic hydroxyl groups is 4. The second kappa shape index (κ2) is 12.2. The van der Waals surface area contributed by atoms with Gasteiger partial charge in [0.25, 0.3) is 0 Å². The largest absolute Gasteiger partial charge is 0.394 e. The number of aliphatic hydroxyl groups excluding tert-OH is 4. The third-order valence-corrected chi connectivity index (χ3v) is 1.61. The molecule has 2 saturated heterocycles. The van der Waals surface area contributed by atoms with Crippen LogP contribution in [0.1, 0.15) is 0 Å². The molecule has 0 bridgehead atoms. The molecule has 0 aromatic carbocycles. The molecule has 2 fully saturated rings. The monoisotopic (exact) mass is 254 g/mol. The maximum Gasteiger partial charge on any atom is 0.104 e. The molecule has 0 amide bonds. The lowest BCUT2D eigenvalue weighted by molar-refractivity contribution is 0.102. The molecule has 2 atom stereocenters. The molecule has 2 aliphatic rings. The van der Waals surface area contributed by atoms with Crippen LogP contribution in [0.5, 0.6) is 0 Å². The van der Waals surface area contributed by atoms with Crippen LogP contribution >= 0.6 is 0 Å². The fourth-order valence-electron chi connectivity index (χ4n) is 0.659. The van der Waals surface area contributed by atoms with Crippen molar-refractivity contribution in [2.75, 3.05) is 52.9 Å². The number of ether oxygens (including phenoxy) is 3. The highest BCUT2D eigenvalue weighted by Crippen LogP contribution is 2.12. The minimum absolute atomic E-state index is 0.125. The summed E-state index contributed by atoms with van der Waals surface area (Å²) in [6, 6.07) is 0. The Morgan fingerprint density at radius 3 is 1.24 bits per heavy atom. The van der Waals surface area contributed by atoms with Gasteiger partial charge in [0.05, 0.1) is 52.9 Å². The van der Waals surface area contributed by atoms with E-state index in [-0.39, 0.29) is 26.4 Å². The van der Waals surface area contributed by atoms with Gasteiger partial charge >= 0.3 is 0 Å². The zero-order chi connectivity index (χ0) is 12.9. The van der Waals surface area contributed by atoms with Crippen LogP contribution in [0.3, 0.4) is 0 Å². The van der Waals surface area contributed by atoms with Gasteiger partial charge in [0.1, 0.15) is 12.2 Å². The van der Waals surface area contributed by atoms with E-state index in [0.717, 1.165) is 26.4 Å². The van der Waals surface area contributed by atoms with Crippen molar-refractivity contribution in [3.05, 3.63) is 0 Å². The van der Waals surface area contributed by atoms with Crippen molar-refractivity contribution in [1.82, 2.24) is 0 Å². The van der Waals surface area contributed by atoms with Gasteiger partial charge in [0.15, 0.2) is 0 Å². The molecule has 0 radical (unpaired) electrons. The van der Waals surface area contributed by atoms with Gasteiger partial charge in [-0.3, -0.25) is 0 Å². The summed E-state index contributed by atoms with van der Waals surface area (Å²) >= 11 is 0. The molecule has 2 unspecified atom stereocenters. The number of epoxide rings is 2. The summed E-state index contributed by atoms with van der Waals surface area (Å²) < 4.78 is 15.1. The molecule has 7 heteroatoms. The van der Waals surface area contributed by atoms with Crippen molar-refractivity contribution in [3.63, 3.8) is 0 Å². The molecule has 0 aromatic heterocycles. The third kappa shape index (κ3) is 15.7. The summed E-state index contributed by atoms with van der Waals surface area (Å²) in [6.45, 7) is 2.76. The molecule has 0 aliphatic carbocycles. The van der Waals surface area contributed by atoms with Crippen LogP contribution in [0.2, 0.25) is 0 Å². The van der Waals surface area contributed by atoms with E-state index in [2.05, 4.69) is 0 Å². The Hall–Kier alpha value is -0.280. The van der Waals surface area contributed by atoms with Crippen LogP contribution in [-0.2, 0) is 14.2 Å². The van der Waals surface area contributed by atoms with Gasteiger partial charge in [-0.25, -0.2) is 0 Å². The van der Waals surface area contributed by atoms with Gasteiger partial charge in [0, 0.05) is 0 Å². The second-order valence-electron chi connectivity index (χ2n) is 3.34. The molecule has 7 nitrogen and oxygen atoms in total. The molecule has 17 heavy (non-hydrogen) atoms. The predicted molar refractivity (Wildman–Crippen MR) is 58.6 cm³/mol. The smallest absolute Gasteiger partial charge is 0.104 e. The van der Waals surface area contributed by atoms with Gasteiger partial charge in [-0.1, -0.05) is 0 Å². The highest BCUT2D eigenvalue weighted by molar-refractivity contribution is 4.71. The zero-order valence-electron chi connectivity index (χ0n) is 9.83. The summed E-state index contributed by atoms with van der Waals surface area (Å²) in [5.41, 5.74) is 0. The average Bonchev–Trinajstić information content (AvgIpc) is 3.24. The highest BCUT2D eigenvalue weighted by atomic mass is 16.6. The van der Waals surface area contributed by atoms with Gasteiger partial charge in [-0.15, -0.1) is 0 Å². The van der Waals surface area contributed by atoms with Gasteiger partial charge < -0.3 is 34.6 Å². The van der Waals surface area contributed by atoms with Crippen LogP contribution < -0.4 is 0 Å². The van der Waals surface area contributed by atoms with E-state index in [1.165, 1.54) is 0 Å². The second-order valence-corrected chi connectivity index (χ2v) is 3.34. The van der Waals surface area contributed by atoms with E-state index in [4.69, 9.17) is 34.6 Å². The summed E-state index contributed by atoms with van der Waals surface area (Å²) in [5.74, 6) is 0. The number of hydrogen-bond donors (Lipinski definition) is 4. The third-order valence-electron chi connectivity index (χ3n) is 1.61. The number of hydrogen-bond acceptors (Lipinski definition) is 7. The Kier molecular flexibility index (Phi) is 12.0. The van der Waals surface area contributed by atoms with E-state index >= 15 is 0 Å². The maximum absolute atomic E-state index is 7.62. The molecule has 4 N–H and O–H groups in total. The minimum atomic E-state index is -0.125. The van der Waals surface area contributed by atoms with E-state index < -0.39 is 0 Å². The van der Waals surface area contributed by atoms with E-state index in [1.807, 2.05) is 0 Å². The Labute approximate surface area is 101 Å². The highest BCUT2D eigenvalue weighted by Gasteiger charge is 2.26. The first-order chi connectivity index (χ1) is 8.28. The summed E-state index contributed by atoms with van der Waals surface area (Å²) in [5, 5.41) is 30.5. The summed E-state index contributed by atoms with van der Waals surface area (Å²) in [4.78, 5) is 0. The SMILES string of the molecule is C(OCC1CO1)C1CO1.OCCO.OCCO. The van der Waals surface area contributed by atoms with E-state index in [1.54, 1.807) is 0 Å². The first-order valence-electron chi connectivity index (χ1n) is 5.52. The molecule has 2 rings (SSSR count). The maximum atomic E-state index is 7.62. The standard InChI is InChI=1S/C6H10O3.2C2H6O2/c1(5-3-8-5)7-2-6-4-9-6;2*3-1-2-4/h5-6H,1-4H2;2*3-4H,1-2H2. The van der Waals surface area contributed by atoms with Gasteiger partial charge in [-0.05, 0) is 0 Å². The molecule has 0 spiro atoms. The van der Waals surface area contributed by atoms with Crippen LogP contribution in [0, 0.1) is 0 Å². The van der Waals surface area contributed by atoms with Crippen LogP contribution in [-0.4, -0.2) is 85.5 Å². The summed E-state index contributed by atoms with van der Waals surface area (Å²) in [7, 11) is 0. The topological polar surface area (TPSA) is 115 Å². The quantitative estimate of drug-likeness (QED) is 0.395. The lowest BCUT2D eigenvalue weighted by Gasteiger charge is -1.95. The van der Waals surface area contributed by atoms with Gasteiger partial charge in [0.2, 0.25) is 0 Å². The first kappa shape index (κ1) is 16.7. The first-order valence-corrected chi connectivity index (χ1v) is 5.52. The Morgan fingerprint density at radius 1 is 0.765 bits per heavy atom. The molecule has 2 heterocycles. The molecular weight excluding hydrogens is 232 g/mol. The van der Waals surface area contributed by atoms with Crippen molar-refractivity contribution in [1.29, 1.82) is 0 Å². The van der Waals surface area contributed by atoms with Crippen molar-refractivity contribution in [2.45, 2.75) is 12.2 Å². The fourth-order valence-corrected chi connectivity index (χ4v) is 0.659. The van der Waals surface area contributed by atoms with Crippen molar-refractivity contribution in [2.24, 2.45) is 0 Å². The Balaban J connectivity index is 0.000000274. The molecular formula is C10H22O7. The summed E-state index contributed by atoms with van der Waals surface area (Å²) in [6.07, 6.45) is 0.785. The van der Waals surface area contributed by atoms with Crippen LogP contribution in [0.4, 0.5) is 0 Å². The van der Waals surface area contributed by atoms with E-state index in [0.29, 0.717) is 12.2 Å². The normalized spacial score (nSPS) is 24.0. The fraction of sp³-hybridized carbons (Fsp3) is 1.00. The average molecular weight is 254 g/mol. The minimum Gasteiger partial charge on any atom is -0.394 e. The zero-order valence-corrected chi connectivity index (χ0v) is 9.83. The van der Waals surface area contributed by atoms with Crippen LogP contribution in [0.15, 0.2) is 0 Å². The Morgan fingerprint density at radius 2 is 1.06 bits per heavy atom.